The molecule has 0 unspecified atom stereocenters. The van der Waals surface area contributed by atoms with Gasteiger partial charge in [0.1, 0.15) is 0 Å². The van der Waals surface area contributed by atoms with Crippen LogP contribution >= 0.6 is 15.9 Å². The fourth-order valence-corrected chi connectivity index (χ4v) is 2.12. The number of hydrogen-bond acceptors (Lipinski definition) is 1. The molecule has 0 atom stereocenters. The summed E-state index contributed by atoms with van der Waals surface area (Å²) in [5.74, 6) is 0. The van der Waals surface area contributed by atoms with Gasteiger partial charge in [-0.1, -0.05) is 32.9 Å². The second kappa shape index (κ2) is 4.40. The number of para-hydroxylation sites is 1. The molecule has 90 valence electrons. The van der Waals surface area contributed by atoms with E-state index < -0.39 is 0 Å². The van der Waals surface area contributed by atoms with Gasteiger partial charge in [-0.05, 0) is 53.7 Å². The highest BCUT2D eigenvalue weighted by molar-refractivity contribution is 9.10. The van der Waals surface area contributed by atoms with Gasteiger partial charge in [0, 0.05) is 10.0 Å². The third kappa shape index (κ3) is 3.51. The Morgan fingerprint density at radius 1 is 1.00 bits per heavy atom. The van der Waals surface area contributed by atoms with Gasteiger partial charge < -0.3 is 5.32 Å². The van der Waals surface area contributed by atoms with E-state index in [4.69, 9.17) is 0 Å². The minimum absolute atomic E-state index is 0.0733. The van der Waals surface area contributed by atoms with E-state index in [2.05, 4.69) is 81.0 Å². The summed E-state index contributed by atoms with van der Waals surface area (Å²) in [5, 5.41) is 3.58. The first-order chi connectivity index (χ1) is 7.11. The van der Waals surface area contributed by atoms with Crippen molar-refractivity contribution in [1.29, 1.82) is 0 Å². The van der Waals surface area contributed by atoms with Crippen LogP contribution in [0.15, 0.2) is 22.7 Å². The van der Waals surface area contributed by atoms with Crippen LogP contribution in [0, 0.1) is 0 Å². The first kappa shape index (κ1) is 13.6. The summed E-state index contributed by atoms with van der Waals surface area (Å²) >= 11 is 3.63. The highest BCUT2D eigenvalue weighted by Gasteiger charge is 2.22. The van der Waals surface area contributed by atoms with Crippen LogP contribution in [0.2, 0.25) is 0 Å². The summed E-state index contributed by atoms with van der Waals surface area (Å²) in [4.78, 5) is 0. The lowest BCUT2D eigenvalue weighted by Gasteiger charge is -2.30. The Hall–Kier alpha value is -0.500. The summed E-state index contributed by atoms with van der Waals surface area (Å²) < 4.78 is 1.13. The smallest absolute Gasteiger partial charge is 0.0526 e. The van der Waals surface area contributed by atoms with Gasteiger partial charge in [0.2, 0.25) is 0 Å². The van der Waals surface area contributed by atoms with Crippen molar-refractivity contribution in [2.75, 3.05) is 5.32 Å². The number of rotatable bonds is 1. The highest BCUT2D eigenvalue weighted by Crippen LogP contribution is 2.36. The van der Waals surface area contributed by atoms with Crippen molar-refractivity contribution in [3.8, 4) is 0 Å². The summed E-state index contributed by atoms with van der Waals surface area (Å²) in [6, 6.07) is 6.38. The Kier molecular flexibility index (Phi) is 3.73. The van der Waals surface area contributed by atoms with Crippen molar-refractivity contribution in [2.45, 2.75) is 52.5 Å². The molecular formula is C14H22BrN. The van der Waals surface area contributed by atoms with E-state index in [-0.39, 0.29) is 11.0 Å². The molecule has 0 heterocycles. The standard InChI is InChI=1S/C14H22BrN/c1-13(2,3)10-8-7-9-11(15)12(10)16-14(4,5)6/h7-9,16H,1-6H3. The monoisotopic (exact) mass is 283 g/mol. The summed E-state index contributed by atoms with van der Waals surface area (Å²) in [6.07, 6.45) is 0. The fraction of sp³-hybridized carbons (Fsp3) is 0.571. The van der Waals surface area contributed by atoms with Crippen molar-refractivity contribution in [3.05, 3.63) is 28.2 Å². The number of benzene rings is 1. The van der Waals surface area contributed by atoms with Crippen LogP contribution in [0.3, 0.4) is 0 Å². The van der Waals surface area contributed by atoms with Crippen LogP contribution in [0.1, 0.15) is 47.1 Å². The van der Waals surface area contributed by atoms with Gasteiger partial charge in [-0.15, -0.1) is 0 Å². The Labute approximate surface area is 108 Å². The van der Waals surface area contributed by atoms with Crippen LogP contribution in [-0.4, -0.2) is 5.54 Å². The maximum atomic E-state index is 3.63. The molecule has 16 heavy (non-hydrogen) atoms. The van der Waals surface area contributed by atoms with Crippen LogP contribution in [-0.2, 0) is 5.41 Å². The molecule has 0 aliphatic rings. The molecule has 1 nitrogen and oxygen atoms in total. The summed E-state index contributed by atoms with van der Waals surface area (Å²) in [6.45, 7) is 13.3. The molecule has 0 radical (unpaired) electrons. The molecule has 0 saturated heterocycles. The van der Waals surface area contributed by atoms with Crippen molar-refractivity contribution >= 4 is 21.6 Å². The van der Waals surface area contributed by atoms with Gasteiger partial charge in [0.05, 0.1) is 5.69 Å². The summed E-state index contributed by atoms with van der Waals surface area (Å²) in [7, 11) is 0. The van der Waals surface area contributed by atoms with Crippen LogP contribution in [0.4, 0.5) is 5.69 Å². The molecule has 0 aliphatic heterocycles. The van der Waals surface area contributed by atoms with Gasteiger partial charge in [0.15, 0.2) is 0 Å². The van der Waals surface area contributed by atoms with Crippen molar-refractivity contribution in [1.82, 2.24) is 0 Å². The van der Waals surface area contributed by atoms with E-state index in [0.29, 0.717) is 0 Å². The molecule has 0 spiro atoms. The molecule has 1 rings (SSSR count). The Balaban J connectivity index is 3.25. The second-order valence-corrected chi connectivity index (χ2v) is 7.14. The zero-order valence-electron chi connectivity index (χ0n) is 11.1. The molecule has 0 amide bonds. The van der Waals surface area contributed by atoms with Gasteiger partial charge in [-0.2, -0.15) is 0 Å². The SMILES string of the molecule is CC(C)(C)Nc1c(Br)cccc1C(C)(C)C. The maximum absolute atomic E-state index is 3.63. The van der Waals surface area contributed by atoms with E-state index in [1.807, 2.05) is 0 Å². The maximum Gasteiger partial charge on any atom is 0.0526 e. The van der Waals surface area contributed by atoms with Crippen LogP contribution < -0.4 is 5.32 Å². The molecule has 0 aliphatic carbocycles. The Morgan fingerprint density at radius 3 is 2.00 bits per heavy atom. The molecule has 0 aromatic heterocycles. The molecule has 1 aromatic rings. The average molecular weight is 284 g/mol. The first-order valence-corrected chi connectivity index (χ1v) is 6.48. The van der Waals surface area contributed by atoms with Gasteiger partial charge in [0.25, 0.3) is 0 Å². The first-order valence-electron chi connectivity index (χ1n) is 5.68. The molecule has 2 heteroatoms. The van der Waals surface area contributed by atoms with Crippen molar-refractivity contribution in [2.24, 2.45) is 0 Å². The van der Waals surface area contributed by atoms with Gasteiger partial charge >= 0.3 is 0 Å². The normalized spacial score (nSPS) is 12.7. The van der Waals surface area contributed by atoms with Crippen molar-refractivity contribution < 1.29 is 0 Å². The fourth-order valence-electron chi connectivity index (χ4n) is 1.65. The molecule has 0 fully saturated rings. The van der Waals surface area contributed by atoms with E-state index in [1.165, 1.54) is 11.3 Å². The topological polar surface area (TPSA) is 12.0 Å². The Morgan fingerprint density at radius 2 is 1.56 bits per heavy atom. The van der Waals surface area contributed by atoms with E-state index >= 15 is 0 Å². The second-order valence-electron chi connectivity index (χ2n) is 6.29. The third-order valence-corrected chi connectivity index (χ3v) is 2.98. The number of hydrogen-bond donors (Lipinski definition) is 1. The Bertz CT molecular complexity index is 369. The lowest BCUT2D eigenvalue weighted by molar-refractivity contribution is 0.581. The molecule has 1 aromatic carbocycles. The lowest BCUT2D eigenvalue weighted by Crippen LogP contribution is -2.28. The molecule has 0 saturated carbocycles. The van der Waals surface area contributed by atoms with E-state index in [1.54, 1.807) is 0 Å². The number of halogens is 1. The quantitative estimate of drug-likeness (QED) is 0.768. The van der Waals surface area contributed by atoms with Crippen LogP contribution in [0.25, 0.3) is 0 Å². The molecule has 0 bridgehead atoms. The average Bonchev–Trinajstić information content (AvgIpc) is 2.04. The lowest BCUT2D eigenvalue weighted by atomic mass is 9.85. The van der Waals surface area contributed by atoms with E-state index in [0.717, 1.165) is 4.47 Å². The number of anilines is 1. The minimum atomic E-state index is 0.0733. The largest absolute Gasteiger partial charge is 0.379 e. The zero-order valence-corrected chi connectivity index (χ0v) is 12.7. The zero-order chi connectivity index (χ0) is 12.6. The minimum Gasteiger partial charge on any atom is -0.379 e. The predicted octanol–water partition coefficient (Wildman–Crippen LogP) is 4.96. The molecule has 1 N–H and O–H groups in total. The van der Waals surface area contributed by atoms with Crippen molar-refractivity contribution in [3.63, 3.8) is 0 Å². The van der Waals surface area contributed by atoms with Crippen LogP contribution in [0.5, 0.6) is 0 Å². The van der Waals surface area contributed by atoms with E-state index in [9.17, 15) is 0 Å². The summed E-state index contributed by atoms with van der Waals surface area (Å²) in [5.41, 5.74) is 2.78. The highest BCUT2D eigenvalue weighted by atomic mass is 79.9. The third-order valence-electron chi connectivity index (χ3n) is 2.32. The van der Waals surface area contributed by atoms with Gasteiger partial charge in [-0.3, -0.25) is 0 Å². The predicted molar refractivity (Wildman–Crippen MR) is 76.2 cm³/mol. The van der Waals surface area contributed by atoms with Gasteiger partial charge in [-0.25, -0.2) is 0 Å². The number of nitrogens with one attached hydrogen (secondary N) is 1. The molecular weight excluding hydrogens is 262 g/mol.